The van der Waals surface area contributed by atoms with Crippen LogP contribution in [-0.4, -0.2) is 17.0 Å². The van der Waals surface area contributed by atoms with Crippen LogP contribution in [0.15, 0.2) is 66.2 Å². The van der Waals surface area contributed by atoms with Crippen LogP contribution in [0.5, 0.6) is 0 Å². The molecule has 0 saturated carbocycles. The van der Waals surface area contributed by atoms with Gasteiger partial charge >= 0.3 is 5.97 Å². The van der Waals surface area contributed by atoms with Gasteiger partial charge in [-0.2, -0.15) is 0 Å². The molecular formula is C17H16N2O3. The van der Waals surface area contributed by atoms with Crippen molar-refractivity contribution in [2.75, 3.05) is 10.6 Å². The van der Waals surface area contributed by atoms with Gasteiger partial charge in [-0.15, -0.1) is 0 Å². The highest BCUT2D eigenvalue weighted by Crippen LogP contribution is 2.18. The average molecular weight is 296 g/mol. The molecule has 0 spiro atoms. The molecule has 0 saturated heterocycles. The summed E-state index contributed by atoms with van der Waals surface area (Å²) in [5, 5.41) is 14.6. The first-order chi connectivity index (χ1) is 10.5. The van der Waals surface area contributed by atoms with Crippen molar-refractivity contribution in [3.63, 3.8) is 0 Å². The molecule has 1 amide bonds. The summed E-state index contributed by atoms with van der Waals surface area (Å²) < 4.78 is 0. The SMILES string of the molecule is C/C(=C/C(=O)Nc1ccc(Nc2ccccc2)cc1)C(=O)O. The van der Waals surface area contributed by atoms with Crippen molar-refractivity contribution in [1.82, 2.24) is 0 Å². The zero-order chi connectivity index (χ0) is 15.9. The van der Waals surface area contributed by atoms with E-state index in [1.165, 1.54) is 6.92 Å². The fraction of sp³-hybridized carbons (Fsp3) is 0.0588. The monoisotopic (exact) mass is 296 g/mol. The van der Waals surface area contributed by atoms with Gasteiger partial charge in [-0.25, -0.2) is 4.79 Å². The van der Waals surface area contributed by atoms with Crippen molar-refractivity contribution in [3.05, 3.63) is 66.2 Å². The lowest BCUT2D eigenvalue weighted by atomic mass is 10.2. The zero-order valence-electron chi connectivity index (χ0n) is 12.0. The predicted molar refractivity (Wildman–Crippen MR) is 86.2 cm³/mol. The van der Waals surface area contributed by atoms with Crippen LogP contribution in [0.25, 0.3) is 0 Å². The molecule has 3 N–H and O–H groups in total. The average Bonchev–Trinajstić information content (AvgIpc) is 2.50. The molecule has 2 aromatic carbocycles. The molecule has 0 atom stereocenters. The Hall–Kier alpha value is -3.08. The van der Waals surface area contributed by atoms with Gasteiger partial charge in [-0.1, -0.05) is 18.2 Å². The minimum absolute atomic E-state index is 0.0140. The quantitative estimate of drug-likeness (QED) is 0.739. The number of hydrogen-bond donors (Lipinski definition) is 3. The Labute approximate surface area is 128 Å². The van der Waals surface area contributed by atoms with Gasteiger partial charge in [0.1, 0.15) is 0 Å². The van der Waals surface area contributed by atoms with Gasteiger partial charge in [-0.3, -0.25) is 4.79 Å². The molecule has 0 aromatic heterocycles. The Balaban J connectivity index is 1.99. The minimum atomic E-state index is -1.11. The highest BCUT2D eigenvalue weighted by Gasteiger charge is 2.04. The second-order valence-corrected chi connectivity index (χ2v) is 4.69. The van der Waals surface area contributed by atoms with Gasteiger partial charge in [0, 0.05) is 28.7 Å². The number of carbonyl (C=O) groups is 2. The van der Waals surface area contributed by atoms with E-state index >= 15 is 0 Å². The van der Waals surface area contributed by atoms with Crippen LogP contribution >= 0.6 is 0 Å². The number of benzene rings is 2. The van der Waals surface area contributed by atoms with Crippen LogP contribution in [0.4, 0.5) is 17.1 Å². The Kier molecular flexibility index (Phi) is 4.93. The Bertz CT molecular complexity index is 692. The first-order valence-corrected chi connectivity index (χ1v) is 6.69. The maximum atomic E-state index is 11.6. The molecule has 2 aromatic rings. The molecule has 0 aliphatic carbocycles. The second kappa shape index (κ2) is 7.08. The molecule has 5 nitrogen and oxygen atoms in total. The summed E-state index contributed by atoms with van der Waals surface area (Å²) in [5.74, 6) is -1.58. The molecule has 0 heterocycles. The van der Waals surface area contributed by atoms with E-state index < -0.39 is 11.9 Å². The summed E-state index contributed by atoms with van der Waals surface area (Å²) >= 11 is 0. The summed E-state index contributed by atoms with van der Waals surface area (Å²) in [7, 11) is 0. The van der Waals surface area contributed by atoms with Gasteiger partial charge < -0.3 is 15.7 Å². The van der Waals surface area contributed by atoms with Crippen molar-refractivity contribution < 1.29 is 14.7 Å². The van der Waals surface area contributed by atoms with Crippen molar-refractivity contribution in [2.45, 2.75) is 6.92 Å². The highest BCUT2D eigenvalue weighted by molar-refractivity contribution is 6.04. The van der Waals surface area contributed by atoms with E-state index in [1.807, 2.05) is 42.5 Å². The molecule has 5 heteroatoms. The van der Waals surface area contributed by atoms with E-state index in [2.05, 4.69) is 10.6 Å². The second-order valence-electron chi connectivity index (χ2n) is 4.69. The van der Waals surface area contributed by atoms with Gasteiger partial charge in [0.15, 0.2) is 0 Å². The number of aliphatic carboxylic acids is 1. The molecule has 0 aliphatic rings. The van der Waals surface area contributed by atoms with E-state index in [-0.39, 0.29) is 5.57 Å². The number of carbonyl (C=O) groups excluding carboxylic acids is 1. The normalized spacial score (nSPS) is 10.9. The van der Waals surface area contributed by atoms with Crippen molar-refractivity contribution in [1.29, 1.82) is 0 Å². The first-order valence-electron chi connectivity index (χ1n) is 6.69. The minimum Gasteiger partial charge on any atom is -0.478 e. The summed E-state index contributed by atoms with van der Waals surface area (Å²) in [4.78, 5) is 22.3. The van der Waals surface area contributed by atoms with Crippen LogP contribution in [0.3, 0.4) is 0 Å². The largest absolute Gasteiger partial charge is 0.478 e. The van der Waals surface area contributed by atoms with Gasteiger partial charge in [0.25, 0.3) is 0 Å². The van der Waals surface area contributed by atoms with Crippen LogP contribution in [0.1, 0.15) is 6.92 Å². The molecule has 0 radical (unpaired) electrons. The lowest BCUT2D eigenvalue weighted by Gasteiger charge is -2.08. The third-order valence-electron chi connectivity index (χ3n) is 2.90. The zero-order valence-corrected chi connectivity index (χ0v) is 12.0. The Morgan fingerprint density at radius 2 is 1.45 bits per heavy atom. The molecule has 2 rings (SSSR count). The van der Waals surface area contributed by atoms with Crippen molar-refractivity contribution in [2.24, 2.45) is 0 Å². The molecule has 112 valence electrons. The number of carboxylic acids is 1. The molecule has 0 fully saturated rings. The summed E-state index contributed by atoms with van der Waals surface area (Å²) in [6.45, 7) is 1.37. The van der Waals surface area contributed by atoms with E-state index in [1.54, 1.807) is 12.1 Å². The molecule has 0 unspecified atom stereocenters. The van der Waals surface area contributed by atoms with Crippen LogP contribution in [0.2, 0.25) is 0 Å². The summed E-state index contributed by atoms with van der Waals surface area (Å²) in [6, 6.07) is 16.9. The van der Waals surface area contributed by atoms with Gasteiger partial charge in [-0.05, 0) is 43.3 Å². The Morgan fingerprint density at radius 3 is 2.05 bits per heavy atom. The fourth-order valence-corrected chi connectivity index (χ4v) is 1.76. The van der Waals surface area contributed by atoms with Crippen molar-refractivity contribution in [3.8, 4) is 0 Å². The van der Waals surface area contributed by atoms with E-state index in [4.69, 9.17) is 5.11 Å². The maximum absolute atomic E-state index is 11.6. The maximum Gasteiger partial charge on any atom is 0.331 e. The van der Waals surface area contributed by atoms with E-state index in [9.17, 15) is 9.59 Å². The summed E-state index contributed by atoms with van der Waals surface area (Å²) in [5.41, 5.74) is 2.44. The van der Waals surface area contributed by atoms with Crippen LogP contribution in [0, 0.1) is 0 Å². The van der Waals surface area contributed by atoms with Gasteiger partial charge in [0.2, 0.25) is 5.91 Å². The molecular weight excluding hydrogens is 280 g/mol. The third kappa shape index (κ3) is 4.49. The summed E-state index contributed by atoms with van der Waals surface area (Å²) in [6.07, 6.45) is 1.05. The fourth-order valence-electron chi connectivity index (χ4n) is 1.76. The topological polar surface area (TPSA) is 78.4 Å². The van der Waals surface area contributed by atoms with E-state index in [0.717, 1.165) is 17.5 Å². The standard InChI is InChI=1S/C17H16N2O3/c1-12(17(21)22)11-16(20)19-15-9-7-14(8-10-15)18-13-5-3-2-4-6-13/h2-11,18H,1H3,(H,19,20)(H,21,22)/b12-11-. The highest BCUT2D eigenvalue weighted by atomic mass is 16.4. The number of rotatable bonds is 5. The third-order valence-corrected chi connectivity index (χ3v) is 2.90. The number of carboxylic acid groups (broad SMARTS) is 1. The van der Waals surface area contributed by atoms with Gasteiger partial charge in [0.05, 0.1) is 0 Å². The van der Waals surface area contributed by atoms with E-state index in [0.29, 0.717) is 5.69 Å². The number of amides is 1. The smallest absolute Gasteiger partial charge is 0.331 e. The molecule has 0 aliphatic heterocycles. The Morgan fingerprint density at radius 1 is 0.909 bits per heavy atom. The molecule has 0 bridgehead atoms. The van der Waals surface area contributed by atoms with Crippen LogP contribution in [-0.2, 0) is 9.59 Å². The lowest BCUT2D eigenvalue weighted by molar-refractivity contribution is -0.132. The number of anilines is 3. The molecule has 22 heavy (non-hydrogen) atoms. The lowest BCUT2D eigenvalue weighted by Crippen LogP contribution is -2.10. The number of nitrogens with one attached hydrogen (secondary N) is 2. The first kappa shape index (κ1) is 15.3. The number of para-hydroxylation sites is 1. The predicted octanol–water partition coefficient (Wildman–Crippen LogP) is 3.40. The van der Waals surface area contributed by atoms with Crippen molar-refractivity contribution >= 4 is 28.9 Å². The van der Waals surface area contributed by atoms with Crippen LogP contribution < -0.4 is 10.6 Å². The number of hydrogen-bond acceptors (Lipinski definition) is 3.